The molecule has 0 aliphatic carbocycles. The minimum Gasteiger partial charge on any atom is -0.350 e. The van der Waals surface area contributed by atoms with E-state index in [4.69, 9.17) is 23.2 Å². The van der Waals surface area contributed by atoms with Gasteiger partial charge in [-0.05, 0) is 19.4 Å². The van der Waals surface area contributed by atoms with E-state index >= 15 is 0 Å². The first-order chi connectivity index (χ1) is 9.04. The Morgan fingerprint density at radius 2 is 2.11 bits per heavy atom. The average Bonchev–Trinajstić information content (AvgIpc) is 2.38. The van der Waals surface area contributed by atoms with Crippen LogP contribution in [-0.2, 0) is 0 Å². The van der Waals surface area contributed by atoms with Crippen LogP contribution >= 0.6 is 23.2 Å². The molecule has 1 N–H and O–H groups in total. The highest BCUT2D eigenvalue weighted by molar-refractivity contribution is 6.41. The number of amides is 1. The number of nitrogens with zero attached hydrogens (tertiary/aromatic N) is 1. The van der Waals surface area contributed by atoms with E-state index in [9.17, 15) is 4.79 Å². The highest BCUT2D eigenvalue weighted by atomic mass is 35.5. The average molecular weight is 303 g/mol. The number of carbonyl (C=O) groups excluding carboxylic acids is 1. The van der Waals surface area contributed by atoms with E-state index in [-0.39, 0.29) is 17.1 Å². The molecule has 0 aromatic carbocycles. The fraction of sp³-hybridized carbons (Fsp3) is 0.571. The molecule has 0 bridgehead atoms. The molecule has 1 heterocycles. The Hall–Kier alpha value is -0.800. The second kappa shape index (κ2) is 8.39. The minimum atomic E-state index is -0.158. The molecule has 0 saturated carbocycles. The number of halogens is 2. The Morgan fingerprint density at radius 1 is 1.37 bits per heavy atom. The van der Waals surface area contributed by atoms with Crippen molar-refractivity contribution in [3.8, 4) is 0 Å². The van der Waals surface area contributed by atoms with Gasteiger partial charge in [0.05, 0.1) is 10.6 Å². The normalized spacial score (nSPS) is 12.2. The Labute approximate surface area is 124 Å². The van der Waals surface area contributed by atoms with Crippen molar-refractivity contribution in [2.24, 2.45) is 0 Å². The molecule has 0 fully saturated rings. The van der Waals surface area contributed by atoms with Crippen molar-refractivity contribution in [1.29, 1.82) is 0 Å². The molecule has 5 heteroatoms. The molecule has 19 heavy (non-hydrogen) atoms. The summed E-state index contributed by atoms with van der Waals surface area (Å²) in [5.74, 6) is -0.158. The van der Waals surface area contributed by atoms with Crippen molar-refractivity contribution in [3.63, 3.8) is 0 Å². The quantitative estimate of drug-likeness (QED) is 0.596. The number of carbonyl (C=O) groups is 1. The molecule has 1 atom stereocenters. The number of nitrogens with one attached hydrogen (secondary N) is 1. The molecule has 0 aliphatic rings. The predicted octanol–water partition coefficient (Wildman–Crippen LogP) is 4.48. The van der Waals surface area contributed by atoms with Crippen LogP contribution in [0.2, 0.25) is 10.2 Å². The summed E-state index contributed by atoms with van der Waals surface area (Å²) in [7, 11) is 0. The van der Waals surface area contributed by atoms with Crippen LogP contribution in [0.3, 0.4) is 0 Å². The lowest BCUT2D eigenvalue weighted by Gasteiger charge is -2.13. The summed E-state index contributed by atoms with van der Waals surface area (Å²) in [4.78, 5) is 15.8. The fourth-order valence-corrected chi connectivity index (χ4v) is 2.07. The second-order valence-electron chi connectivity index (χ2n) is 4.72. The van der Waals surface area contributed by atoms with E-state index in [1.807, 2.05) is 6.92 Å². The molecule has 1 unspecified atom stereocenters. The third kappa shape index (κ3) is 5.79. The lowest BCUT2D eigenvalue weighted by atomic mass is 10.1. The van der Waals surface area contributed by atoms with Crippen LogP contribution in [0, 0.1) is 0 Å². The topological polar surface area (TPSA) is 42.0 Å². The van der Waals surface area contributed by atoms with Crippen LogP contribution in [0.5, 0.6) is 0 Å². The number of hydrogen-bond acceptors (Lipinski definition) is 2. The van der Waals surface area contributed by atoms with Gasteiger partial charge in [0.2, 0.25) is 0 Å². The molecule has 1 aromatic rings. The van der Waals surface area contributed by atoms with Crippen molar-refractivity contribution in [2.75, 3.05) is 0 Å². The van der Waals surface area contributed by atoms with Gasteiger partial charge in [-0.3, -0.25) is 4.79 Å². The predicted molar refractivity (Wildman–Crippen MR) is 79.9 cm³/mol. The second-order valence-corrected chi connectivity index (χ2v) is 5.49. The summed E-state index contributed by atoms with van der Waals surface area (Å²) in [6, 6.07) is 1.69. The highest BCUT2D eigenvalue weighted by Gasteiger charge is 2.11. The Balaban J connectivity index is 2.43. The van der Waals surface area contributed by atoms with Crippen LogP contribution in [0.25, 0.3) is 0 Å². The zero-order valence-electron chi connectivity index (χ0n) is 11.4. The minimum absolute atomic E-state index is 0.152. The van der Waals surface area contributed by atoms with Gasteiger partial charge < -0.3 is 5.32 Å². The summed E-state index contributed by atoms with van der Waals surface area (Å²) in [6.45, 7) is 4.19. The number of rotatable bonds is 7. The number of unbranched alkanes of at least 4 members (excludes halogenated alkanes) is 3. The first-order valence-electron chi connectivity index (χ1n) is 6.66. The summed E-state index contributed by atoms with van der Waals surface area (Å²) in [6.07, 6.45) is 7.24. The van der Waals surface area contributed by atoms with Crippen LogP contribution in [0.1, 0.15) is 56.3 Å². The van der Waals surface area contributed by atoms with Crippen LogP contribution in [-0.4, -0.2) is 16.9 Å². The van der Waals surface area contributed by atoms with Gasteiger partial charge in [-0.15, -0.1) is 0 Å². The van der Waals surface area contributed by atoms with Crippen molar-refractivity contribution in [2.45, 2.75) is 52.0 Å². The fourth-order valence-electron chi connectivity index (χ4n) is 1.80. The van der Waals surface area contributed by atoms with Crippen LogP contribution in [0.15, 0.2) is 12.3 Å². The molecular formula is C14H20Cl2N2O. The van der Waals surface area contributed by atoms with E-state index in [0.717, 1.165) is 12.8 Å². The maximum absolute atomic E-state index is 12.0. The number of pyridine rings is 1. The molecule has 1 aromatic heterocycles. The van der Waals surface area contributed by atoms with E-state index in [2.05, 4.69) is 17.2 Å². The van der Waals surface area contributed by atoms with Gasteiger partial charge in [-0.2, -0.15) is 0 Å². The summed E-state index contributed by atoms with van der Waals surface area (Å²) < 4.78 is 0. The molecule has 0 radical (unpaired) electrons. The standard InChI is InChI=1S/C14H20Cl2N2O/c1-3-4-5-6-7-10(2)18-14(19)11-8-12(15)13(16)17-9-11/h8-10H,3-7H2,1-2H3,(H,18,19). The number of hydrogen-bond donors (Lipinski definition) is 1. The smallest absolute Gasteiger partial charge is 0.253 e. The van der Waals surface area contributed by atoms with Gasteiger partial charge >= 0.3 is 0 Å². The van der Waals surface area contributed by atoms with Crippen molar-refractivity contribution in [3.05, 3.63) is 28.0 Å². The van der Waals surface area contributed by atoms with Gasteiger partial charge in [-0.1, -0.05) is 55.8 Å². The van der Waals surface area contributed by atoms with Gasteiger partial charge in [0.1, 0.15) is 5.15 Å². The van der Waals surface area contributed by atoms with Crippen LogP contribution in [0.4, 0.5) is 0 Å². The molecule has 1 amide bonds. The number of aromatic nitrogens is 1. The first kappa shape index (κ1) is 16.3. The molecule has 0 spiro atoms. The van der Waals surface area contributed by atoms with Gasteiger partial charge in [0, 0.05) is 12.2 Å². The Morgan fingerprint density at radius 3 is 2.74 bits per heavy atom. The van der Waals surface area contributed by atoms with Gasteiger partial charge in [-0.25, -0.2) is 4.98 Å². The lowest BCUT2D eigenvalue weighted by molar-refractivity contribution is 0.0937. The maximum Gasteiger partial charge on any atom is 0.253 e. The molecule has 0 saturated heterocycles. The molecular weight excluding hydrogens is 283 g/mol. The zero-order chi connectivity index (χ0) is 14.3. The van der Waals surface area contributed by atoms with E-state index in [1.54, 1.807) is 0 Å². The SMILES string of the molecule is CCCCCCC(C)NC(=O)c1cnc(Cl)c(Cl)c1. The Kier molecular flexibility index (Phi) is 7.17. The van der Waals surface area contributed by atoms with Crippen molar-refractivity contribution in [1.82, 2.24) is 10.3 Å². The van der Waals surface area contributed by atoms with Gasteiger partial charge in [0.15, 0.2) is 0 Å². The van der Waals surface area contributed by atoms with E-state index in [1.165, 1.54) is 31.5 Å². The molecule has 106 valence electrons. The maximum atomic E-state index is 12.0. The largest absolute Gasteiger partial charge is 0.350 e. The molecule has 0 aliphatic heterocycles. The Bertz CT molecular complexity index is 424. The first-order valence-corrected chi connectivity index (χ1v) is 7.42. The molecule has 1 rings (SSSR count). The third-order valence-corrected chi connectivity index (χ3v) is 3.61. The molecule has 3 nitrogen and oxygen atoms in total. The highest BCUT2D eigenvalue weighted by Crippen LogP contribution is 2.19. The summed E-state index contributed by atoms with van der Waals surface area (Å²) >= 11 is 11.6. The van der Waals surface area contributed by atoms with E-state index < -0.39 is 0 Å². The van der Waals surface area contributed by atoms with Crippen LogP contribution < -0.4 is 5.32 Å². The summed E-state index contributed by atoms with van der Waals surface area (Å²) in [5, 5.41) is 3.45. The zero-order valence-corrected chi connectivity index (χ0v) is 12.9. The van der Waals surface area contributed by atoms with Crippen molar-refractivity contribution >= 4 is 29.1 Å². The third-order valence-electron chi connectivity index (χ3n) is 2.93. The van der Waals surface area contributed by atoms with Gasteiger partial charge in [0.25, 0.3) is 5.91 Å². The van der Waals surface area contributed by atoms with E-state index in [0.29, 0.717) is 10.6 Å². The monoisotopic (exact) mass is 302 g/mol. The summed E-state index contributed by atoms with van der Waals surface area (Å²) in [5.41, 5.74) is 0.440. The lowest BCUT2D eigenvalue weighted by Crippen LogP contribution is -2.32. The van der Waals surface area contributed by atoms with Crippen molar-refractivity contribution < 1.29 is 4.79 Å².